The second kappa shape index (κ2) is 4.89. The van der Waals surface area contributed by atoms with Crippen molar-refractivity contribution in [2.45, 2.75) is 0 Å². The number of fused-ring (bicyclic) bond motifs is 1. The summed E-state index contributed by atoms with van der Waals surface area (Å²) >= 11 is 3.41. The third kappa shape index (κ3) is 2.00. The number of halogens is 1. The molecule has 0 radical (unpaired) electrons. The predicted molar refractivity (Wildman–Crippen MR) is 80.4 cm³/mol. The number of pyridine rings is 1. The van der Waals surface area contributed by atoms with E-state index in [1.807, 2.05) is 30.3 Å². The van der Waals surface area contributed by atoms with E-state index in [1.165, 1.54) is 17.1 Å². The zero-order chi connectivity index (χ0) is 15.0. The fourth-order valence-corrected chi connectivity index (χ4v) is 2.50. The Hall–Kier alpha value is -2.90. The minimum absolute atomic E-state index is 0.0665. The van der Waals surface area contributed by atoms with Gasteiger partial charge in [0.25, 0.3) is 0 Å². The van der Waals surface area contributed by atoms with Gasteiger partial charge in [-0.1, -0.05) is 15.9 Å². The summed E-state index contributed by atoms with van der Waals surface area (Å²) < 4.78 is 2.38. The molecule has 6 nitrogen and oxygen atoms in total. The van der Waals surface area contributed by atoms with Crippen LogP contribution in [-0.4, -0.2) is 14.5 Å². The smallest absolute Gasteiger partial charge is 0.177 e. The molecule has 100 valence electrons. The highest BCUT2D eigenvalue weighted by atomic mass is 79.9. The number of imidazole rings is 1. The van der Waals surface area contributed by atoms with Gasteiger partial charge in [-0.15, -0.1) is 0 Å². The van der Waals surface area contributed by atoms with Crippen molar-refractivity contribution in [2.75, 3.05) is 5.73 Å². The van der Waals surface area contributed by atoms with Crippen molar-refractivity contribution in [3.05, 3.63) is 46.6 Å². The van der Waals surface area contributed by atoms with E-state index in [2.05, 4.69) is 25.9 Å². The molecule has 1 aromatic carbocycles. The topological polar surface area (TPSA) is 104 Å². The van der Waals surface area contributed by atoms with E-state index in [0.29, 0.717) is 11.4 Å². The van der Waals surface area contributed by atoms with Crippen LogP contribution in [0.15, 0.2) is 35.2 Å². The van der Waals surface area contributed by atoms with Gasteiger partial charge in [0.1, 0.15) is 18.5 Å². The molecule has 0 aliphatic rings. The van der Waals surface area contributed by atoms with Crippen molar-refractivity contribution >= 4 is 32.5 Å². The van der Waals surface area contributed by atoms with E-state index < -0.39 is 0 Å². The van der Waals surface area contributed by atoms with E-state index in [1.54, 1.807) is 0 Å². The number of rotatable bonds is 1. The monoisotopic (exact) mass is 338 g/mol. The van der Waals surface area contributed by atoms with Crippen molar-refractivity contribution in [2.24, 2.45) is 0 Å². The highest BCUT2D eigenvalue weighted by Gasteiger charge is 2.16. The van der Waals surface area contributed by atoms with Crippen molar-refractivity contribution in [3.8, 4) is 17.8 Å². The highest BCUT2D eigenvalue weighted by Crippen LogP contribution is 2.30. The predicted octanol–water partition coefficient (Wildman–Crippen LogP) is 2.51. The largest absolute Gasteiger partial charge is 0.396 e. The lowest BCUT2D eigenvalue weighted by atomic mass is 10.1. The molecule has 0 amide bonds. The minimum Gasteiger partial charge on any atom is -0.396 e. The van der Waals surface area contributed by atoms with Gasteiger partial charge in [-0.05, 0) is 18.2 Å². The average molecular weight is 339 g/mol. The molecule has 3 aromatic rings. The van der Waals surface area contributed by atoms with Crippen LogP contribution < -0.4 is 5.73 Å². The Morgan fingerprint density at radius 3 is 2.71 bits per heavy atom. The van der Waals surface area contributed by atoms with Crippen molar-refractivity contribution in [3.63, 3.8) is 0 Å². The van der Waals surface area contributed by atoms with E-state index in [9.17, 15) is 5.26 Å². The number of anilines is 1. The molecule has 0 saturated carbocycles. The lowest BCUT2D eigenvalue weighted by molar-refractivity contribution is 1.04. The quantitative estimate of drug-likeness (QED) is 0.733. The van der Waals surface area contributed by atoms with Gasteiger partial charge in [-0.25, -0.2) is 4.98 Å². The molecular formula is C14H7BrN6. The lowest BCUT2D eigenvalue weighted by Crippen LogP contribution is -2.03. The van der Waals surface area contributed by atoms with Crippen molar-refractivity contribution in [1.29, 1.82) is 10.5 Å². The summed E-state index contributed by atoms with van der Waals surface area (Å²) in [6.45, 7) is 0. The molecule has 0 fully saturated rings. The maximum Gasteiger partial charge on any atom is 0.177 e. The molecule has 3 rings (SSSR count). The van der Waals surface area contributed by atoms with Crippen LogP contribution in [0.4, 0.5) is 5.69 Å². The number of hydrogen-bond acceptors (Lipinski definition) is 5. The third-order valence-corrected chi connectivity index (χ3v) is 3.54. The Morgan fingerprint density at radius 1 is 1.19 bits per heavy atom. The molecule has 21 heavy (non-hydrogen) atoms. The van der Waals surface area contributed by atoms with Crippen LogP contribution in [0.2, 0.25) is 0 Å². The molecule has 0 spiro atoms. The molecule has 2 heterocycles. The Bertz CT molecular complexity index is 939. The SMILES string of the molecule is N#Cc1ncn(-c2c(N)cnc3ccc(Br)cc23)c1C#N. The van der Waals surface area contributed by atoms with Crippen LogP contribution in [-0.2, 0) is 0 Å². The molecular weight excluding hydrogens is 332 g/mol. The van der Waals surface area contributed by atoms with Crippen molar-refractivity contribution < 1.29 is 0 Å². The summed E-state index contributed by atoms with van der Waals surface area (Å²) in [4.78, 5) is 8.21. The summed E-state index contributed by atoms with van der Waals surface area (Å²) in [5.74, 6) is 0. The summed E-state index contributed by atoms with van der Waals surface area (Å²) in [5.41, 5.74) is 7.97. The molecule has 0 aliphatic carbocycles. The number of benzene rings is 1. The van der Waals surface area contributed by atoms with Gasteiger partial charge in [0.05, 0.1) is 23.1 Å². The Kier molecular flexibility index (Phi) is 3.05. The highest BCUT2D eigenvalue weighted by molar-refractivity contribution is 9.10. The average Bonchev–Trinajstić information content (AvgIpc) is 2.89. The first kappa shape index (κ1) is 13.1. The van der Waals surface area contributed by atoms with Crippen molar-refractivity contribution in [1.82, 2.24) is 14.5 Å². The van der Waals surface area contributed by atoms with Crippen LogP contribution in [0.1, 0.15) is 11.4 Å². The fraction of sp³-hybridized carbons (Fsp3) is 0. The molecule has 0 aliphatic heterocycles. The normalized spacial score (nSPS) is 10.2. The Balaban J connectivity index is 2.43. The second-order valence-electron chi connectivity index (χ2n) is 4.26. The summed E-state index contributed by atoms with van der Waals surface area (Å²) in [7, 11) is 0. The summed E-state index contributed by atoms with van der Waals surface area (Å²) in [6.07, 6.45) is 2.95. The molecule has 2 aromatic heterocycles. The van der Waals surface area contributed by atoms with E-state index in [4.69, 9.17) is 11.0 Å². The maximum atomic E-state index is 9.27. The van der Waals surface area contributed by atoms with Crippen LogP contribution in [0.25, 0.3) is 16.6 Å². The number of nitrogens with zero attached hydrogens (tertiary/aromatic N) is 5. The molecule has 0 unspecified atom stereocenters. The standard InChI is InChI=1S/C14H7BrN6/c15-8-1-2-11-9(3-8)14(10(18)6-19-11)21-7-20-12(4-16)13(21)5-17/h1-3,6-7H,18H2. The molecule has 0 saturated heterocycles. The first-order chi connectivity index (χ1) is 10.2. The van der Waals surface area contributed by atoms with Crippen LogP contribution in [0, 0.1) is 22.7 Å². The Labute approximate surface area is 128 Å². The zero-order valence-corrected chi connectivity index (χ0v) is 12.2. The second-order valence-corrected chi connectivity index (χ2v) is 5.17. The number of aromatic nitrogens is 3. The number of nitrogen functional groups attached to an aromatic ring is 1. The first-order valence-electron chi connectivity index (χ1n) is 5.87. The number of nitriles is 2. The van der Waals surface area contributed by atoms with E-state index >= 15 is 0 Å². The molecule has 2 N–H and O–H groups in total. The van der Waals surface area contributed by atoms with Gasteiger partial charge in [-0.3, -0.25) is 9.55 Å². The fourth-order valence-electron chi connectivity index (χ4n) is 2.14. The van der Waals surface area contributed by atoms with Crippen LogP contribution in [0.5, 0.6) is 0 Å². The first-order valence-corrected chi connectivity index (χ1v) is 6.66. The summed E-state index contributed by atoms with van der Waals surface area (Å²) in [5, 5.41) is 19.0. The summed E-state index contributed by atoms with van der Waals surface area (Å²) in [6, 6.07) is 9.46. The van der Waals surface area contributed by atoms with Gasteiger partial charge in [0, 0.05) is 9.86 Å². The zero-order valence-electron chi connectivity index (χ0n) is 10.6. The van der Waals surface area contributed by atoms with Crippen LogP contribution >= 0.6 is 15.9 Å². The number of hydrogen-bond donors (Lipinski definition) is 1. The molecule has 0 bridgehead atoms. The van der Waals surface area contributed by atoms with Gasteiger partial charge in [0.2, 0.25) is 0 Å². The van der Waals surface area contributed by atoms with Gasteiger partial charge < -0.3 is 5.73 Å². The minimum atomic E-state index is 0.0665. The van der Waals surface area contributed by atoms with E-state index in [-0.39, 0.29) is 11.4 Å². The third-order valence-electron chi connectivity index (χ3n) is 3.05. The lowest BCUT2D eigenvalue weighted by Gasteiger charge is -2.11. The Morgan fingerprint density at radius 2 is 2.00 bits per heavy atom. The van der Waals surface area contributed by atoms with Gasteiger partial charge >= 0.3 is 0 Å². The van der Waals surface area contributed by atoms with E-state index in [0.717, 1.165) is 15.4 Å². The van der Waals surface area contributed by atoms with Gasteiger partial charge in [-0.2, -0.15) is 10.5 Å². The number of nitrogens with two attached hydrogens (primary N) is 1. The maximum absolute atomic E-state index is 9.27. The van der Waals surface area contributed by atoms with Gasteiger partial charge in [0.15, 0.2) is 11.4 Å². The van der Waals surface area contributed by atoms with Crippen LogP contribution in [0.3, 0.4) is 0 Å². The molecule has 0 atom stereocenters. The molecule has 7 heteroatoms.